The summed E-state index contributed by atoms with van der Waals surface area (Å²) in [6, 6.07) is 6.99. The summed E-state index contributed by atoms with van der Waals surface area (Å²) < 4.78 is 25.0. The molecule has 0 radical (unpaired) electrons. The number of anilines is 1. The minimum Gasteiger partial charge on any atom is -0.349 e. The lowest BCUT2D eigenvalue weighted by Crippen LogP contribution is -2.35. The van der Waals surface area contributed by atoms with E-state index in [1.807, 2.05) is 0 Å². The molecule has 1 fully saturated rings. The Morgan fingerprint density at radius 1 is 1.08 bits per heavy atom. The van der Waals surface area contributed by atoms with E-state index in [1.165, 1.54) is 43.5 Å². The van der Waals surface area contributed by atoms with Gasteiger partial charge in [-0.2, -0.15) is 0 Å². The van der Waals surface area contributed by atoms with E-state index in [9.17, 15) is 13.2 Å². The number of benzene rings is 1. The Labute approximate surface area is 145 Å². The first-order valence-electron chi connectivity index (χ1n) is 8.81. The first-order valence-corrected chi connectivity index (χ1v) is 10.4. The van der Waals surface area contributed by atoms with Gasteiger partial charge >= 0.3 is 0 Å². The second kappa shape index (κ2) is 8.51. The topological polar surface area (TPSA) is 66.5 Å². The van der Waals surface area contributed by atoms with Gasteiger partial charge in [-0.25, -0.2) is 8.42 Å². The van der Waals surface area contributed by atoms with E-state index in [2.05, 4.69) is 5.32 Å². The van der Waals surface area contributed by atoms with Crippen molar-refractivity contribution in [2.24, 2.45) is 0 Å². The average Bonchev–Trinajstić information content (AvgIpc) is 2.56. The first-order chi connectivity index (χ1) is 11.4. The highest BCUT2D eigenvalue weighted by atomic mass is 32.2. The quantitative estimate of drug-likeness (QED) is 0.884. The Balaban J connectivity index is 2.00. The zero-order valence-corrected chi connectivity index (χ0v) is 15.4. The summed E-state index contributed by atoms with van der Waals surface area (Å²) in [5.41, 5.74) is 1.14. The standard InChI is InChI=1S/C18H28N2O3S/c1-3-24(22,23)20(2)17-13-11-15(12-14-17)18(21)19-16-9-7-5-4-6-8-10-16/h11-14,16H,3-10H2,1-2H3,(H,19,21). The summed E-state index contributed by atoms with van der Waals surface area (Å²) in [4.78, 5) is 12.4. The minimum absolute atomic E-state index is 0.0490. The average molecular weight is 353 g/mol. The molecule has 1 aliphatic rings. The third kappa shape index (κ3) is 4.97. The molecule has 1 aliphatic carbocycles. The van der Waals surface area contributed by atoms with Gasteiger partial charge in [0.1, 0.15) is 0 Å². The number of carbonyl (C=O) groups excluding carboxylic acids is 1. The van der Waals surface area contributed by atoms with Crippen molar-refractivity contribution in [3.05, 3.63) is 29.8 Å². The maximum absolute atomic E-state index is 12.4. The number of hydrogen-bond donors (Lipinski definition) is 1. The molecule has 134 valence electrons. The zero-order chi connectivity index (χ0) is 17.6. The molecule has 0 bridgehead atoms. The molecule has 0 heterocycles. The van der Waals surface area contributed by atoms with Crippen LogP contribution in [0, 0.1) is 0 Å². The summed E-state index contributed by atoms with van der Waals surface area (Å²) in [7, 11) is -1.75. The second-order valence-corrected chi connectivity index (χ2v) is 8.72. The molecule has 2 rings (SSSR count). The number of amides is 1. The van der Waals surface area contributed by atoms with Crippen LogP contribution in [0.15, 0.2) is 24.3 Å². The van der Waals surface area contributed by atoms with Crippen molar-refractivity contribution in [3.8, 4) is 0 Å². The van der Waals surface area contributed by atoms with E-state index in [-0.39, 0.29) is 17.7 Å². The zero-order valence-electron chi connectivity index (χ0n) is 14.6. The Morgan fingerprint density at radius 3 is 2.17 bits per heavy atom. The van der Waals surface area contributed by atoms with Gasteiger partial charge in [-0.1, -0.05) is 32.1 Å². The Hall–Kier alpha value is -1.56. The van der Waals surface area contributed by atoms with Crippen molar-refractivity contribution >= 4 is 21.6 Å². The molecule has 1 saturated carbocycles. The maximum atomic E-state index is 12.4. The van der Waals surface area contributed by atoms with Crippen LogP contribution < -0.4 is 9.62 Å². The SMILES string of the molecule is CCS(=O)(=O)N(C)c1ccc(C(=O)NC2CCCCCCC2)cc1. The predicted molar refractivity (Wildman–Crippen MR) is 97.9 cm³/mol. The molecule has 1 aromatic rings. The second-order valence-electron chi connectivity index (χ2n) is 6.43. The summed E-state index contributed by atoms with van der Waals surface area (Å²) in [5, 5.41) is 3.12. The molecule has 0 aromatic heterocycles. The van der Waals surface area contributed by atoms with Crippen molar-refractivity contribution in [1.29, 1.82) is 0 Å². The molecule has 0 unspecified atom stereocenters. The number of nitrogens with zero attached hydrogens (tertiary/aromatic N) is 1. The molecule has 1 aromatic carbocycles. The van der Waals surface area contributed by atoms with Gasteiger partial charge in [0.2, 0.25) is 10.0 Å². The van der Waals surface area contributed by atoms with Gasteiger partial charge in [0, 0.05) is 18.7 Å². The summed E-state index contributed by atoms with van der Waals surface area (Å²) in [6.07, 6.45) is 8.23. The number of rotatable bonds is 5. The number of sulfonamides is 1. The Morgan fingerprint density at radius 2 is 1.62 bits per heavy atom. The fourth-order valence-electron chi connectivity index (χ4n) is 3.05. The molecule has 0 atom stereocenters. The van der Waals surface area contributed by atoms with Gasteiger partial charge in [-0.05, 0) is 44.0 Å². The predicted octanol–water partition coefficient (Wildman–Crippen LogP) is 3.32. The van der Waals surface area contributed by atoms with Crippen LogP contribution in [0.25, 0.3) is 0 Å². The smallest absolute Gasteiger partial charge is 0.251 e. The van der Waals surface area contributed by atoms with Crippen LogP contribution in [-0.2, 0) is 10.0 Å². The normalized spacial score (nSPS) is 16.9. The van der Waals surface area contributed by atoms with Crippen LogP contribution in [0.4, 0.5) is 5.69 Å². The van der Waals surface area contributed by atoms with Gasteiger partial charge in [0.25, 0.3) is 5.91 Å². The van der Waals surface area contributed by atoms with E-state index in [4.69, 9.17) is 0 Å². The van der Waals surface area contributed by atoms with Crippen LogP contribution in [0.3, 0.4) is 0 Å². The molecular weight excluding hydrogens is 324 g/mol. The summed E-state index contributed by atoms with van der Waals surface area (Å²) >= 11 is 0. The highest BCUT2D eigenvalue weighted by molar-refractivity contribution is 7.92. The molecular formula is C18H28N2O3S. The highest BCUT2D eigenvalue weighted by Crippen LogP contribution is 2.19. The van der Waals surface area contributed by atoms with E-state index >= 15 is 0 Å². The van der Waals surface area contributed by atoms with E-state index in [0.29, 0.717) is 11.3 Å². The lowest BCUT2D eigenvalue weighted by Gasteiger charge is -2.21. The molecule has 24 heavy (non-hydrogen) atoms. The molecule has 0 spiro atoms. The fraction of sp³-hybridized carbons (Fsp3) is 0.611. The minimum atomic E-state index is -3.28. The van der Waals surface area contributed by atoms with Crippen molar-refractivity contribution in [2.75, 3.05) is 17.1 Å². The molecule has 1 N–H and O–H groups in total. The van der Waals surface area contributed by atoms with Gasteiger partial charge in [0.15, 0.2) is 0 Å². The van der Waals surface area contributed by atoms with Gasteiger partial charge < -0.3 is 5.32 Å². The van der Waals surface area contributed by atoms with Gasteiger partial charge in [0.05, 0.1) is 11.4 Å². The lowest BCUT2D eigenvalue weighted by molar-refractivity contribution is 0.0930. The van der Waals surface area contributed by atoms with Gasteiger partial charge in [-0.15, -0.1) is 0 Å². The van der Waals surface area contributed by atoms with Crippen LogP contribution in [-0.4, -0.2) is 33.2 Å². The summed E-state index contributed by atoms with van der Waals surface area (Å²) in [5.74, 6) is -0.0268. The van der Waals surface area contributed by atoms with Crippen molar-refractivity contribution < 1.29 is 13.2 Å². The van der Waals surface area contributed by atoms with Crippen molar-refractivity contribution in [2.45, 2.75) is 57.9 Å². The molecule has 1 amide bonds. The maximum Gasteiger partial charge on any atom is 0.251 e. The summed E-state index contributed by atoms with van der Waals surface area (Å²) in [6.45, 7) is 1.61. The highest BCUT2D eigenvalue weighted by Gasteiger charge is 2.18. The third-order valence-electron chi connectivity index (χ3n) is 4.72. The molecule has 0 saturated heterocycles. The number of nitrogens with one attached hydrogen (secondary N) is 1. The molecule has 5 nitrogen and oxygen atoms in total. The molecule has 6 heteroatoms. The Kier molecular flexibility index (Phi) is 6.66. The van der Waals surface area contributed by atoms with Crippen LogP contribution in [0.5, 0.6) is 0 Å². The monoisotopic (exact) mass is 352 g/mol. The molecule has 0 aliphatic heterocycles. The van der Waals surface area contributed by atoms with E-state index in [0.717, 1.165) is 12.8 Å². The Bertz CT molecular complexity index is 633. The van der Waals surface area contributed by atoms with Crippen LogP contribution >= 0.6 is 0 Å². The van der Waals surface area contributed by atoms with Gasteiger partial charge in [-0.3, -0.25) is 9.10 Å². The largest absolute Gasteiger partial charge is 0.349 e. The number of carbonyl (C=O) groups is 1. The van der Waals surface area contributed by atoms with E-state index in [1.54, 1.807) is 31.2 Å². The third-order valence-corrected chi connectivity index (χ3v) is 6.49. The van der Waals surface area contributed by atoms with Crippen molar-refractivity contribution in [3.63, 3.8) is 0 Å². The van der Waals surface area contributed by atoms with E-state index < -0.39 is 10.0 Å². The lowest BCUT2D eigenvalue weighted by atomic mass is 9.96. The van der Waals surface area contributed by atoms with Crippen molar-refractivity contribution in [1.82, 2.24) is 5.32 Å². The van der Waals surface area contributed by atoms with Crippen LogP contribution in [0.2, 0.25) is 0 Å². The fourth-order valence-corrected chi connectivity index (χ4v) is 3.88. The first kappa shape index (κ1) is 18.8. The number of hydrogen-bond acceptors (Lipinski definition) is 3. The van der Waals surface area contributed by atoms with Crippen LogP contribution in [0.1, 0.15) is 62.2 Å².